The summed E-state index contributed by atoms with van der Waals surface area (Å²) in [5, 5.41) is 16.2. The summed E-state index contributed by atoms with van der Waals surface area (Å²) in [6.45, 7) is 1.81. The molecule has 0 heterocycles. The maximum absolute atomic E-state index is 8.08. The van der Waals surface area contributed by atoms with Crippen molar-refractivity contribution in [3.63, 3.8) is 0 Å². The zero-order valence-corrected chi connectivity index (χ0v) is 4.81. The molecule has 0 spiro atoms. The molecule has 0 aliphatic carbocycles. The predicted molar refractivity (Wildman–Crippen MR) is 29.4 cm³/mol. The summed E-state index contributed by atoms with van der Waals surface area (Å²) in [6.07, 6.45) is 0.821. The van der Waals surface area contributed by atoms with Crippen LogP contribution in [-0.2, 0) is 0 Å². The van der Waals surface area contributed by atoms with Gasteiger partial charge < -0.3 is 0 Å². The van der Waals surface area contributed by atoms with Crippen molar-refractivity contribution < 1.29 is 0 Å². The van der Waals surface area contributed by atoms with Gasteiger partial charge in [-0.3, -0.25) is 0 Å². The van der Waals surface area contributed by atoms with Crippen LogP contribution in [0.1, 0.15) is 19.8 Å². The fraction of sp³-hybridized carbons (Fsp3) is 0.500. The average molecular weight is 107 g/mol. The fourth-order valence-corrected chi connectivity index (χ4v) is 0.332. The van der Waals surface area contributed by atoms with Crippen molar-refractivity contribution in [2.75, 3.05) is 0 Å². The van der Waals surface area contributed by atoms with Crippen LogP contribution in [-0.4, -0.2) is 0 Å². The highest BCUT2D eigenvalue weighted by Crippen LogP contribution is 2.06. The van der Waals surface area contributed by atoms with Crippen LogP contribution in [0.5, 0.6) is 0 Å². The van der Waals surface area contributed by atoms with Crippen LogP contribution < -0.4 is 0 Å². The number of nitriles is 2. The monoisotopic (exact) mass is 107 g/mol. The van der Waals surface area contributed by atoms with Crippen LogP contribution in [0.3, 0.4) is 0 Å². The third kappa shape index (κ3) is 3.18. The minimum Gasteiger partial charge on any atom is -0.198 e. The lowest BCUT2D eigenvalue weighted by Gasteiger charge is -1.93. The average Bonchev–Trinajstić information content (AvgIpc) is 1.68. The highest BCUT2D eigenvalue weighted by atomic mass is 14.3. The molecule has 0 saturated heterocycles. The van der Waals surface area contributed by atoms with Crippen molar-refractivity contribution >= 4 is 0 Å². The third-order valence-electron chi connectivity index (χ3n) is 0.762. The third-order valence-corrected chi connectivity index (χ3v) is 0.762. The van der Waals surface area contributed by atoms with Crippen molar-refractivity contribution in [3.8, 4) is 12.1 Å². The van der Waals surface area contributed by atoms with Gasteiger partial charge in [-0.25, -0.2) is 0 Å². The zero-order chi connectivity index (χ0) is 6.41. The molecule has 0 aliphatic heterocycles. The number of rotatable bonds is 2. The van der Waals surface area contributed by atoms with E-state index in [1.807, 2.05) is 19.1 Å². The van der Waals surface area contributed by atoms with E-state index in [4.69, 9.17) is 10.5 Å². The second kappa shape index (κ2) is 4.15. The van der Waals surface area contributed by atoms with Gasteiger partial charge in [0.15, 0.2) is 0 Å². The van der Waals surface area contributed by atoms with Gasteiger partial charge in [0.2, 0.25) is 0 Å². The summed E-state index contributed by atoms with van der Waals surface area (Å²) in [5.41, 5.74) is 0. The van der Waals surface area contributed by atoms with E-state index in [1.54, 1.807) is 0 Å². The second-order valence-corrected chi connectivity index (χ2v) is 1.63. The molecule has 0 unspecified atom stereocenters. The smallest absolute Gasteiger partial charge is 0.0628 e. The van der Waals surface area contributed by atoms with Crippen LogP contribution in [0.2, 0.25) is 0 Å². The Bertz CT molecular complexity index is 110. The Balaban J connectivity index is 3.25. The molecule has 0 N–H and O–H groups in total. The van der Waals surface area contributed by atoms with Crippen LogP contribution >= 0.6 is 0 Å². The molecule has 0 aromatic rings. The van der Waals surface area contributed by atoms with Crippen molar-refractivity contribution in [1.82, 2.24) is 0 Å². The van der Waals surface area contributed by atoms with Gasteiger partial charge in [0.1, 0.15) is 0 Å². The number of hydrogen-bond donors (Lipinski definition) is 0. The first-order valence-corrected chi connectivity index (χ1v) is 2.36. The quantitative estimate of drug-likeness (QED) is 0.535. The van der Waals surface area contributed by atoms with Crippen LogP contribution in [0.15, 0.2) is 0 Å². The Kier molecular flexibility index (Phi) is 3.62. The van der Waals surface area contributed by atoms with E-state index in [-0.39, 0.29) is 0 Å². The van der Waals surface area contributed by atoms with E-state index in [9.17, 15) is 0 Å². The Morgan fingerprint density at radius 1 is 1.25 bits per heavy atom. The molecule has 0 rings (SSSR count). The molecule has 2 nitrogen and oxygen atoms in total. The van der Waals surface area contributed by atoms with Gasteiger partial charge >= 0.3 is 0 Å². The van der Waals surface area contributed by atoms with Crippen LogP contribution in [0, 0.1) is 28.6 Å². The van der Waals surface area contributed by atoms with Crippen molar-refractivity contribution in [2.24, 2.45) is 0 Å². The molecule has 0 saturated carbocycles. The lowest BCUT2D eigenvalue weighted by Crippen LogP contribution is -1.85. The molecular weight excluding hydrogens is 100 g/mol. The van der Waals surface area contributed by atoms with Gasteiger partial charge in [0.25, 0.3) is 0 Å². The maximum Gasteiger partial charge on any atom is 0.0628 e. The Morgan fingerprint density at radius 3 is 1.88 bits per heavy atom. The molecule has 41 valence electrons. The highest BCUT2D eigenvalue weighted by Gasteiger charge is 1.97. The number of nitrogens with zero attached hydrogens (tertiary/aromatic N) is 2. The van der Waals surface area contributed by atoms with Crippen molar-refractivity contribution in [1.29, 1.82) is 10.5 Å². The summed E-state index contributed by atoms with van der Waals surface area (Å²) in [5.74, 6) is 0.940. The Hall–Kier alpha value is -1.02. The Labute approximate surface area is 49.3 Å². The van der Waals surface area contributed by atoms with Gasteiger partial charge in [0, 0.05) is 18.8 Å². The molecule has 0 amide bonds. The molecular formula is C6H7N2. The van der Waals surface area contributed by atoms with E-state index < -0.39 is 0 Å². The molecule has 8 heavy (non-hydrogen) atoms. The van der Waals surface area contributed by atoms with Gasteiger partial charge in [-0.05, 0) is 0 Å². The van der Waals surface area contributed by atoms with E-state index >= 15 is 0 Å². The van der Waals surface area contributed by atoms with Gasteiger partial charge in [-0.2, -0.15) is 10.5 Å². The van der Waals surface area contributed by atoms with E-state index in [2.05, 4.69) is 0 Å². The number of hydrogen-bond acceptors (Lipinski definition) is 2. The predicted octanol–water partition coefficient (Wildman–Crippen LogP) is 1.41. The van der Waals surface area contributed by atoms with Crippen LogP contribution in [0.4, 0.5) is 0 Å². The summed E-state index contributed by atoms with van der Waals surface area (Å²) >= 11 is 0. The topological polar surface area (TPSA) is 47.6 Å². The largest absolute Gasteiger partial charge is 0.198 e. The SMILES string of the molecule is C[C](CC#N)CC#N. The molecule has 0 aromatic heterocycles. The molecule has 0 aliphatic rings. The minimum atomic E-state index is 0.410. The molecule has 0 atom stereocenters. The first kappa shape index (κ1) is 6.98. The van der Waals surface area contributed by atoms with E-state index in [0.717, 1.165) is 5.92 Å². The molecule has 0 fully saturated rings. The standard InChI is InChI=1S/C6H7N2/c1-6(2-4-7)3-5-8/h2-3H2,1H3. The molecule has 0 bridgehead atoms. The van der Waals surface area contributed by atoms with Crippen LogP contribution in [0.25, 0.3) is 0 Å². The Morgan fingerprint density at radius 2 is 1.62 bits per heavy atom. The van der Waals surface area contributed by atoms with Gasteiger partial charge in [-0.1, -0.05) is 6.92 Å². The highest BCUT2D eigenvalue weighted by molar-refractivity contribution is 4.99. The van der Waals surface area contributed by atoms with E-state index in [0.29, 0.717) is 12.8 Å². The zero-order valence-electron chi connectivity index (χ0n) is 4.81. The van der Waals surface area contributed by atoms with Gasteiger partial charge in [0.05, 0.1) is 12.1 Å². The molecule has 0 aromatic carbocycles. The summed E-state index contributed by atoms with van der Waals surface area (Å²) in [4.78, 5) is 0. The fourth-order valence-electron chi connectivity index (χ4n) is 0.332. The second-order valence-electron chi connectivity index (χ2n) is 1.63. The first-order valence-electron chi connectivity index (χ1n) is 2.36. The first-order chi connectivity index (χ1) is 3.81. The summed E-state index contributed by atoms with van der Waals surface area (Å²) in [7, 11) is 0. The van der Waals surface area contributed by atoms with E-state index in [1.165, 1.54) is 0 Å². The normalized spacial score (nSPS) is 8.00. The maximum atomic E-state index is 8.08. The summed E-state index contributed by atoms with van der Waals surface area (Å²) < 4.78 is 0. The van der Waals surface area contributed by atoms with Crippen molar-refractivity contribution in [3.05, 3.63) is 5.92 Å². The lowest BCUT2D eigenvalue weighted by atomic mass is 10.1. The molecule has 2 heteroatoms. The lowest BCUT2D eigenvalue weighted by molar-refractivity contribution is 0.925. The minimum absolute atomic E-state index is 0.410. The van der Waals surface area contributed by atoms with Crippen molar-refractivity contribution in [2.45, 2.75) is 19.8 Å². The van der Waals surface area contributed by atoms with Gasteiger partial charge in [-0.15, -0.1) is 0 Å². The molecule has 1 radical (unpaired) electrons. The summed E-state index contributed by atoms with van der Waals surface area (Å²) in [6, 6.07) is 3.93.